The summed E-state index contributed by atoms with van der Waals surface area (Å²) in [5.41, 5.74) is 1.92. The number of nitrogens with zero attached hydrogens (tertiary/aromatic N) is 3. The zero-order chi connectivity index (χ0) is 23.7. The van der Waals surface area contributed by atoms with Crippen LogP contribution in [-0.4, -0.2) is 36.7 Å². The van der Waals surface area contributed by atoms with Gasteiger partial charge in [0.15, 0.2) is 5.13 Å². The lowest BCUT2D eigenvalue weighted by Gasteiger charge is -2.33. The summed E-state index contributed by atoms with van der Waals surface area (Å²) in [6.45, 7) is 2.79. The van der Waals surface area contributed by atoms with Crippen molar-refractivity contribution in [2.24, 2.45) is 5.92 Å². The van der Waals surface area contributed by atoms with Gasteiger partial charge in [0.05, 0.1) is 33.8 Å². The molecule has 1 amide bonds. The van der Waals surface area contributed by atoms with Crippen LogP contribution < -0.4 is 4.90 Å². The Balaban J connectivity index is 1.45. The Morgan fingerprint density at radius 2 is 1.97 bits per heavy atom. The van der Waals surface area contributed by atoms with Crippen LogP contribution in [0.5, 0.6) is 0 Å². The number of sulfonamides is 1. The first-order valence-corrected chi connectivity index (χ1v) is 13.4. The number of benzene rings is 2. The van der Waals surface area contributed by atoms with Crippen molar-refractivity contribution in [3.05, 3.63) is 78.3 Å². The fourth-order valence-electron chi connectivity index (χ4n) is 4.31. The SMILES string of the molecule is Cc1cccc2sc(N(Cc3ccco3)C(=O)C3CCCN(S(=O)(=O)c4ccccc4)C3)nc12. The zero-order valence-corrected chi connectivity index (χ0v) is 20.4. The Morgan fingerprint density at radius 1 is 1.15 bits per heavy atom. The van der Waals surface area contributed by atoms with Crippen LogP contribution in [0.4, 0.5) is 5.13 Å². The standard InChI is InChI=1S/C25H25N3O4S2/c1-18-8-5-13-22-23(18)26-25(33-22)28(17-20-10-7-15-32-20)24(29)19-9-6-14-27(16-19)34(30,31)21-11-3-2-4-12-21/h2-5,7-8,10-13,15,19H,6,9,14,16-17H2,1H3. The van der Waals surface area contributed by atoms with Crippen LogP contribution in [0.15, 0.2) is 76.2 Å². The van der Waals surface area contributed by atoms with E-state index in [0.29, 0.717) is 30.3 Å². The number of rotatable bonds is 6. The molecule has 0 radical (unpaired) electrons. The lowest BCUT2D eigenvalue weighted by Crippen LogP contribution is -2.46. The summed E-state index contributed by atoms with van der Waals surface area (Å²) in [6.07, 6.45) is 2.82. The molecule has 1 aliphatic heterocycles. The Bertz CT molecular complexity index is 1400. The Kier molecular flexibility index (Phi) is 6.24. The average Bonchev–Trinajstić information content (AvgIpc) is 3.53. The number of hydrogen-bond donors (Lipinski definition) is 0. The van der Waals surface area contributed by atoms with Crippen molar-refractivity contribution in [3.8, 4) is 0 Å². The van der Waals surface area contributed by atoms with Crippen molar-refractivity contribution in [1.82, 2.24) is 9.29 Å². The normalized spacial score (nSPS) is 17.1. The van der Waals surface area contributed by atoms with Crippen LogP contribution in [0.1, 0.15) is 24.2 Å². The second-order valence-electron chi connectivity index (χ2n) is 8.44. The van der Waals surface area contributed by atoms with Crippen LogP contribution >= 0.6 is 11.3 Å². The number of fused-ring (bicyclic) bond motifs is 1. The number of hydrogen-bond acceptors (Lipinski definition) is 6. The number of thiazole rings is 1. The molecule has 4 aromatic rings. The van der Waals surface area contributed by atoms with E-state index in [0.717, 1.165) is 15.8 Å². The number of aryl methyl sites for hydroxylation is 1. The van der Waals surface area contributed by atoms with E-state index >= 15 is 0 Å². The molecule has 0 spiro atoms. The zero-order valence-electron chi connectivity index (χ0n) is 18.8. The average molecular weight is 496 g/mol. The van der Waals surface area contributed by atoms with Gasteiger partial charge >= 0.3 is 0 Å². The van der Waals surface area contributed by atoms with Crippen molar-refractivity contribution in [2.45, 2.75) is 31.2 Å². The van der Waals surface area contributed by atoms with Crippen LogP contribution in [0.2, 0.25) is 0 Å². The highest BCUT2D eigenvalue weighted by Crippen LogP contribution is 2.34. The smallest absolute Gasteiger partial charge is 0.243 e. The van der Waals surface area contributed by atoms with Crippen molar-refractivity contribution in [1.29, 1.82) is 0 Å². The monoisotopic (exact) mass is 495 g/mol. The van der Waals surface area contributed by atoms with Gasteiger partial charge in [-0.15, -0.1) is 0 Å². The van der Waals surface area contributed by atoms with E-state index in [1.807, 2.05) is 31.2 Å². The fraction of sp³-hybridized carbons (Fsp3) is 0.280. The molecular formula is C25H25N3O4S2. The molecule has 0 saturated carbocycles. The Hall–Kier alpha value is -3.01. The summed E-state index contributed by atoms with van der Waals surface area (Å²) in [5, 5.41) is 0.591. The maximum absolute atomic E-state index is 13.8. The second-order valence-corrected chi connectivity index (χ2v) is 11.4. The maximum Gasteiger partial charge on any atom is 0.243 e. The predicted octanol–water partition coefficient (Wildman–Crippen LogP) is 4.83. The number of piperidine rings is 1. The van der Waals surface area contributed by atoms with E-state index in [2.05, 4.69) is 0 Å². The number of carbonyl (C=O) groups is 1. The molecule has 2 aromatic heterocycles. The largest absolute Gasteiger partial charge is 0.467 e. The van der Waals surface area contributed by atoms with Gasteiger partial charge in [-0.05, 0) is 55.7 Å². The predicted molar refractivity (Wildman–Crippen MR) is 132 cm³/mol. The van der Waals surface area contributed by atoms with Crippen LogP contribution in [0, 0.1) is 12.8 Å². The summed E-state index contributed by atoms with van der Waals surface area (Å²) in [5.74, 6) is 0.0466. The summed E-state index contributed by atoms with van der Waals surface area (Å²) in [7, 11) is -3.66. The summed E-state index contributed by atoms with van der Waals surface area (Å²) in [4.78, 5) is 20.5. The van der Waals surface area contributed by atoms with E-state index in [4.69, 9.17) is 9.40 Å². The molecule has 7 nitrogen and oxygen atoms in total. The molecule has 1 saturated heterocycles. The third-order valence-corrected chi connectivity index (χ3v) is 9.04. The van der Waals surface area contributed by atoms with Crippen LogP contribution in [0.3, 0.4) is 0 Å². The van der Waals surface area contributed by atoms with Crippen molar-refractivity contribution in [2.75, 3.05) is 18.0 Å². The first kappa shape index (κ1) is 22.8. The van der Waals surface area contributed by atoms with Crippen molar-refractivity contribution in [3.63, 3.8) is 0 Å². The quantitative estimate of drug-likeness (QED) is 0.383. The minimum Gasteiger partial charge on any atom is -0.467 e. The highest BCUT2D eigenvalue weighted by atomic mass is 32.2. The number of furan rings is 1. The molecule has 0 aliphatic carbocycles. The van der Waals surface area contributed by atoms with Crippen LogP contribution in [-0.2, 0) is 21.4 Å². The van der Waals surface area contributed by atoms with E-state index in [1.54, 1.807) is 47.6 Å². The van der Waals surface area contributed by atoms with E-state index in [-0.39, 0.29) is 23.9 Å². The van der Waals surface area contributed by atoms with Gasteiger partial charge in [-0.2, -0.15) is 4.31 Å². The molecule has 1 fully saturated rings. The summed E-state index contributed by atoms with van der Waals surface area (Å²) in [6, 6.07) is 18.0. The molecule has 1 unspecified atom stereocenters. The molecular weight excluding hydrogens is 470 g/mol. The first-order valence-electron chi connectivity index (χ1n) is 11.2. The molecule has 0 N–H and O–H groups in total. The maximum atomic E-state index is 13.8. The van der Waals surface area contributed by atoms with Crippen molar-refractivity contribution < 1.29 is 17.6 Å². The summed E-state index contributed by atoms with van der Waals surface area (Å²) < 4.78 is 34.3. The fourth-order valence-corrected chi connectivity index (χ4v) is 6.91. The minimum absolute atomic E-state index is 0.138. The van der Waals surface area contributed by atoms with Gasteiger partial charge in [0, 0.05) is 13.1 Å². The van der Waals surface area contributed by atoms with E-state index in [1.165, 1.54) is 15.6 Å². The molecule has 34 heavy (non-hydrogen) atoms. The molecule has 2 aromatic carbocycles. The Morgan fingerprint density at radius 3 is 2.71 bits per heavy atom. The lowest BCUT2D eigenvalue weighted by molar-refractivity contribution is -0.123. The van der Waals surface area contributed by atoms with Crippen molar-refractivity contribution >= 4 is 42.6 Å². The van der Waals surface area contributed by atoms with Gasteiger partial charge in [0.1, 0.15) is 5.76 Å². The van der Waals surface area contributed by atoms with Crippen LogP contribution in [0.25, 0.3) is 10.2 Å². The highest BCUT2D eigenvalue weighted by Gasteiger charge is 2.36. The molecule has 1 atom stereocenters. The highest BCUT2D eigenvalue weighted by molar-refractivity contribution is 7.89. The number of para-hydroxylation sites is 1. The van der Waals surface area contributed by atoms with Gasteiger partial charge in [0.2, 0.25) is 15.9 Å². The number of aromatic nitrogens is 1. The molecule has 9 heteroatoms. The topological polar surface area (TPSA) is 83.7 Å². The molecule has 1 aliphatic rings. The lowest BCUT2D eigenvalue weighted by atomic mass is 9.98. The molecule has 5 rings (SSSR count). The van der Waals surface area contributed by atoms with Gasteiger partial charge < -0.3 is 4.42 Å². The van der Waals surface area contributed by atoms with Gasteiger partial charge in [-0.3, -0.25) is 9.69 Å². The van der Waals surface area contributed by atoms with E-state index < -0.39 is 15.9 Å². The van der Waals surface area contributed by atoms with Gasteiger partial charge in [-0.25, -0.2) is 13.4 Å². The Labute approximate surface area is 202 Å². The first-order chi connectivity index (χ1) is 16.4. The number of amides is 1. The third kappa shape index (κ3) is 4.38. The third-order valence-electron chi connectivity index (χ3n) is 6.11. The number of carbonyl (C=O) groups excluding carboxylic acids is 1. The molecule has 0 bridgehead atoms. The summed E-state index contributed by atoms with van der Waals surface area (Å²) >= 11 is 1.46. The molecule has 3 heterocycles. The van der Waals surface area contributed by atoms with E-state index in [9.17, 15) is 13.2 Å². The number of anilines is 1. The van der Waals surface area contributed by atoms with Gasteiger partial charge in [0.25, 0.3) is 0 Å². The van der Waals surface area contributed by atoms with Gasteiger partial charge in [-0.1, -0.05) is 41.7 Å². The molecule has 176 valence electrons. The second kappa shape index (κ2) is 9.32. The minimum atomic E-state index is -3.66.